The van der Waals surface area contributed by atoms with Gasteiger partial charge in [0, 0.05) is 23.4 Å². The van der Waals surface area contributed by atoms with Crippen LogP contribution in [0.1, 0.15) is 121 Å². The van der Waals surface area contributed by atoms with Crippen molar-refractivity contribution in [2.75, 3.05) is 18.0 Å². The van der Waals surface area contributed by atoms with E-state index in [1.165, 1.54) is 11.3 Å². The van der Waals surface area contributed by atoms with E-state index in [0.717, 1.165) is 62.7 Å². The molecule has 0 bridgehead atoms. The van der Waals surface area contributed by atoms with Crippen LogP contribution in [-0.2, 0) is 19.7 Å². The van der Waals surface area contributed by atoms with Crippen molar-refractivity contribution in [2.24, 2.45) is 11.8 Å². The fourth-order valence-corrected chi connectivity index (χ4v) is 7.37. The molecule has 0 aromatic carbocycles. The van der Waals surface area contributed by atoms with Crippen molar-refractivity contribution >= 4 is 35.0 Å². The molecular weight excluding hydrogens is 540 g/mol. The summed E-state index contributed by atoms with van der Waals surface area (Å²) in [6.45, 7) is 15.3. The van der Waals surface area contributed by atoms with E-state index in [2.05, 4.69) is 27.7 Å². The highest BCUT2D eigenvalue weighted by Crippen LogP contribution is 2.42. The molecule has 3 fully saturated rings. The summed E-state index contributed by atoms with van der Waals surface area (Å²) in [6, 6.07) is 1.91. The van der Waals surface area contributed by atoms with Crippen LogP contribution >= 0.6 is 11.3 Å². The number of hydrogen-bond acceptors (Lipinski definition) is 6. The molecule has 3 aliphatic rings. The molecule has 0 unspecified atom stereocenters. The molecule has 1 aromatic heterocycles. The number of rotatable bonds is 6. The predicted molar refractivity (Wildman–Crippen MR) is 162 cm³/mol. The van der Waals surface area contributed by atoms with Gasteiger partial charge < -0.3 is 24.4 Å². The molecule has 1 saturated heterocycles. The van der Waals surface area contributed by atoms with E-state index in [-0.39, 0.29) is 46.5 Å². The maximum atomic E-state index is 14.2. The minimum Gasteiger partial charge on any atom is -0.477 e. The van der Waals surface area contributed by atoms with Gasteiger partial charge in [0.05, 0.1) is 24.4 Å². The Balaban J connectivity index is 1.46. The van der Waals surface area contributed by atoms with Gasteiger partial charge in [0.15, 0.2) is 0 Å². The van der Waals surface area contributed by atoms with Crippen molar-refractivity contribution < 1.29 is 29.0 Å². The summed E-state index contributed by atoms with van der Waals surface area (Å²) in [5, 5.41) is 10.2. The normalized spacial score (nSPS) is 27.5. The summed E-state index contributed by atoms with van der Waals surface area (Å²) < 4.78 is 12.0. The van der Waals surface area contributed by atoms with Gasteiger partial charge in [-0.3, -0.25) is 4.79 Å². The van der Waals surface area contributed by atoms with Crippen molar-refractivity contribution in [2.45, 2.75) is 136 Å². The van der Waals surface area contributed by atoms with Gasteiger partial charge in [-0.05, 0) is 96.0 Å². The third-order valence-electron chi connectivity index (χ3n) is 8.70. The molecule has 1 aliphatic heterocycles. The highest BCUT2D eigenvalue weighted by Gasteiger charge is 2.39. The van der Waals surface area contributed by atoms with E-state index in [0.29, 0.717) is 24.7 Å². The summed E-state index contributed by atoms with van der Waals surface area (Å²) >= 11 is 1.30. The van der Waals surface area contributed by atoms with Crippen LogP contribution in [0.15, 0.2) is 6.07 Å². The number of carboxylic acids is 1. The first-order valence-electron chi connectivity index (χ1n) is 15.5. The molecule has 0 radical (unpaired) electrons. The molecule has 2 heterocycles. The van der Waals surface area contributed by atoms with E-state index >= 15 is 0 Å². The van der Waals surface area contributed by atoms with Gasteiger partial charge in [-0.15, -0.1) is 11.3 Å². The molecule has 0 spiro atoms. The monoisotopic (exact) mass is 590 g/mol. The highest BCUT2D eigenvalue weighted by molar-refractivity contribution is 7.14. The molecule has 2 aliphatic carbocycles. The van der Waals surface area contributed by atoms with Crippen LogP contribution < -0.4 is 4.90 Å². The standard InChI is InChI=1S/C32H50N2O6S/c1-20-8-10-21(11-9-20)28(35)34(25-18-26(31(2,3)4)41-27(25)29(36)37)22-12-14-23(15-13-22)39-24-16-17-33(19-24)30(38)40-32(5,6)7/h18,20-24H,8-17,19H2,1-7H3,(H,36,37)/t20-,21-,22-,23-,24-/m0/s1. The molecule has 9 heteroatoms. The average Bonchev–Trinajstić information content (AvgIpc) is 3.53. The van der Waals surface area contributed by atoms with Crippen molar-refractivity contribution in [1.29, 1.82) is 0 Å². The Morgan fingerprint density at radius 3 is 2.12 bits per heavy atom. The van der Waals surface area contributed by atoms with Gasteiger partial charge >= 0.3 is 12.1 Å². The second kappa shape index (κ2) is 12.6. The van der Waals surface area contributed by atoms with Crippen LogP contribution in [0.3, 0.4) is 0 Å². The van der Waals surface area contributed by atoms with Gasteiger partial charge in [-0.25, -0.2) is 9.59 Å². The fraction of sp³-hybridized carbons (Fsp3) is 0.781. The van der Waals surface area contributed by atoms with Gasteiger partial charge in [-0.2, -0.15) is 0 Å². The summed E-state index contributed by atoms with van der Waals surface area (Å²) in [5.41, 5.74) is -0.157. The van der Waals surface area contributed by atoms with Crippen LogP contribution in [0.25, 0.3) is 0 Å². The third kappa shape index (κ3) is 8.04. The Kier molecular flexibility index (Phi) is 9.79. The van der Waals surface area contributed by atoms with Crippen LogP contribution in [0.2, 0.25) is 0 Å². The topological polar surface area (TPSA) is 96.4 Å². The molecule has 2 saturated carbocycles. The Morgan fingerprint density at radius 2 is 1.56 bits per heavy atom. The smallest absolute Gasteiger partial charge is 0.410 e. The summed E-state index contributed by atoms with van der Waals surface area (Å²) in [7, 11) is 0. The minimum absolute atomic E-state index is 0.0177. The minimum atomic E-state index is -0.969. The lowest BCUT2D eigenvalue weighted by molar-refractivity contribution is -0.124. The molecule has 230 valence electrons. The number of ether oxygens (including phenoxy) is 2. The number of carbonyl (C=O) groups is 3. The SMILES string of the molecule is CC(C)(C)OC(=O)N1CC[C@H](O[C@H]2CC[C@H](N(c3cc(C(C)(C)C)sc3C(=O)O)C(=O)[C@H]3CC[C@H](C)CC3)CC2)C1. The van der Waals surface area contributed by atoms with Crippen LogP contribution in [0, 0.1) is 11.8 Å². The largest absolute Gasteiger partial charge is 0.477 e. The molecule has 1 N–H and O–H groups in total. The number of anilines is 1. The molecular formula is C32H50N2O6S. The van der Waals surface area contributed by atoms with E-state index in [1.807, 2.05) is 31.7 Å². The second-order valence-electron chi connectivity index (χ2n) is 14.4. The van der Waals surface area contributed by atoms with Gasteiger partial charge in [0.2, 0.25) is 5.91 Å². The molecule has 1 aromatic rings. The maximum Gasteiger partial charge on any atom is 0.410 e. The van der Waals surface area contributed by atoms with Crippen molar-refractivity contribution in [1.82, 2.24) is 4.90 Å². The molecule has 1 atom stereocenters. The number of hydrogen-bond donors (Lipinski definition) is 1. The van der Waals surface area contributed by atoms with Gasteiger partial charge in [0.1, 0.15) is 10.5 Å². The zero-order valence-corrected chi connectivity index (χ0v) is 26.8. The number of amides is 2. The number of nitrogens with zero attached hydrogens (tertiary/aromatic N) is 2. The Hall–Kier alpha value is -2.13. The van der Waals surface area contributed by atoms with Crippen molar-refractivity contribution in [3.05, 3.63) is 15.8 Å². The number of carboxylic acid groups (broad SMARTS) is 1. The number of likely N-dealkylation sites (tertiary alicyclic amines) is 1. The first kappa shape index (κ1) is 31.8. The fourth-order valence-electron chi connectivity index (χ4n) is 6.33. The van der Waals surface area contributed by atoms with Crippen LogP contribution in [0.5, 0.6) is 0 Å². The molecule has 41 heavy (non-hydrogen) atoms. The highest BCUT2D eigenvalue weighted by atomic mass is 32.1. The van der Waals surface area contributed by atoms with E-state index in [1.54, 1.807) is 4.90 Å². The van der Waals surface area contributed by atoms with Crippen LogP contribution in [0.4, 0.5) is 10.5 Å². The van der Waals surface area contributed by atoms with Gasteiger partial charge in [-0.1, -0.05) is 27.7 Å². The quantitative estimate of drug-likeness (QED) is 0.375. The first-order chi connectivity index (χ1) is 19.1. The second-order valence-corrected chi connectivity index (χ2v) is 15.5. The Labute approximate surface area is 249 Å². The summed E-state index contributed by atoms with van der Waals surface area (Å²) in [5.74, 6) is -0.309. The van der Waals surface area contributed by atoms with Crippen LogP contribution in [-0.4, -0.2) is 64.9 Å². The molecule has 8 nitrogen and oxygen atoms in total. The lowest BCUT2D eigenvalue weighted by atomic mass is 9.81. The van der Waals surface area contributed by atoms with Crippen molar-refractivity contribution in [3.63, 3.8) is 0 Å². The Bertz CT molecular complexity index is 1090. The number of thiophene rings is 1. The maximum absolute atomic E-state index is 14.2. The average molecular weight is 591 g/mol. The lowest BCUT2D eigenvalue weighted by Gasteiger charge is -2.40. The lowest BCUT2D eigenvalue weighted by Crippen LogP contribution is -2.47. The molecule has 4 rings (SSSR count). The van der Waals surface area contributed by atoms with E-state index in [4.69, 9.17) is 9.47 Å². The number of aromatic carboxylic acids is 1. The predicted octanol–water partition coefficient (Wildman–Crippen LogP) is 7.24. The first-order valence-corrected chi connectivity index (χ1v) is 16.3. The summed E-state index contributed by atoms with van der Waals surface area (Å²) in [4.78, 5) is 43.9. The summed E-state index contributed by atoms with van der Waals surface area (Å²) in [6.07, 6.45) is 7.48. The number of carbonyl (C=O) groups excluding carboxylic acids is 2. The van der Waals surface area contributed by atoms with E-state index in [9.17, 15) is 19.5 Å². The third-order valence-corrected chi connectivity index (χ3v) is 10.2. The van der Waals surface area contributed by atoms with E-state index < -0.39 is 11.6 Å². The molecule has 2 amide bonds. The Morgan fingerprint density at radius 1 is 0.927 bits per heavy atom. The van der Waals surface area contributed by atoms with Gasteiger partial charge in [0.25, 0.3) is 0 Å². The zero-order valence-electron chi connectivity index (χ0n) is 26.0. The van der Waals surface area contributed by atoms with Crippen molar-refractivity contribution in [3.8, 4) is 0 Å². The zero-order chi connectivity index (χ0) is 30.1.